The van der Waals surface area contributed by atoms with E-state index >= 15 is 0 Å². The Balaban J connectivity index is 1.94. The molecule has 1 saturated heterocycles. The van der Waals surface area contributed by atoms with E-state index < -0.39 is 8.32 Å². The van der Waals surface area contributed by atoms with Crippen molar-refractivity contribution in [3.63, 3.8) is 0 Å². The van der Waals surface area contributed by atoms with Crippen LogP contribution >= 0.6 is 0 Å². The lowest BCUT2D eigenvalue weighted by Gasteiger charge is -2.44. The minimum atomic E-state index is -1.47. The molecule has 0 aromatic rings. The van der Waals surface area contributed by atoms with Crippen LogP contribution < -0.4 is 5.73 Å². The van der Waals surface area contributed by atoms with Gasteiger partial charge in [-0.05, 0) is 75.3 Å². The Bertz CT molecular complexity index is 308. The second-order valence-electron chi connectivity index (χ2n) is 7.26. The third-order valence-electron chi connectivity index (χ3n) is 6.18. The van der Waals surface area contributed by atoms with Crippen molar-refractivity contribution in [2.24, 2.45) is 11.1 Å². The summed E-state index contributed by atoms with van der Waals surface area (Å²) in [5, 5.41) is 0. The summed E-state index contributed by atoms with van der Waals surface area (Å²) < 4.78 is 6.91. The molecule has 0 amide bonds. The van der Waals surface area contributed by atoms with Gasteiger partial charge < -0.3 is 15.1 Å². The zero-order valence-electron chi connectivity index (χ0n) is 14.5. The molecule has 1 spiro atoms. The van der Waals surface area contributed by atoms with E-state index in [0.29, 0.717) is 11.5 Å². The highest BCUT2D eigenvalue weighted by Gasteiger charge is 2.54. The second kappa shape index (κ2) is 7.58. The summed E-state index contributed by atoms with van der Waals surface area (Å²) in [4.78, 5) is 2.64. The van der Waals surface area contributed by atoms with Crippen LogP contribution in [0.25, 0.3) is 0 Å². The molecule has 1 aliphatic heterocycles. The molecule has 2 rings (SSSR count). The smallest absolute Gasteiger partial charge is 0.192 e. The molecule has 3 nitrogen and oxygen atoms in total. The minimum Gasteiger partial charge on any atom is -0.412 e. The fourth-order valence-corrected chi connectivity index (χ4v) is 6.87. The number of nitrogens with zero attached hydrogens (tertiary/aromatic N) is 1. The van der Waals surface area contributed by atoms with Crippen LogP contribution in [0.3, 0.4) is 0 Å². The maximum Gasteiger partial charge on any atom is 0.192 e. The normalized spacial score (nSPS) is 25.4. The Kier molecular flexibility index (Phi) is 6.30. The molecule has 0 aromatic carbocycles. The number of rotatable bonds is 9. The summed E-state index contributed by atoms with van der Waals surface area (Å²) in [5.74, 6) is 0. The van der Waals surface area contributed by atoms with Gasteiger partial charge in [-0.15, -0.1) is 0 Å². The highest BCUT2D eigenvalue weighted by Crippen LogP contribution is 2.55. The van der Waals surface area contributed by atoms with E-state index in [1.54, 1.807) is 0 Å². The lowest BCUT2D eigenvalue weighted by molar-refractivity contribution is 0.0180. The van der Waals surface area contributed by atoms with Gasteiger partial charge in [-0.3, -0.25) is 0 Å². The number of likely N-dealkylation sites (tertiary alicyclic amines) is 1. The third-order valence-corrected chi connectivity index (χ3v) is 10.8. The van der Waals surface area contributed by atoms with E-state index in [9.17, 15) is 0 Å². The van der Waals surface area contributed by atoms with E-state index in [4.69, 9.17) is 10.2 Å². The summed E-state index contributed by atoms with van der Waals surface area (Å²) in [6.07, 6.45) is 7.11. The van der Waals surface area contributed by atoms with Gasteiger partial charge in [-0.2, -0.15) is 0 Å². The van der Waals surface area contributed by atoms with Gasteiger partial charge in [0.2, 0.25) is 0 Å². The lowest BCUT2D eigenvalue weighted by atomic mass is 9.90. The average Bonchev–Trinajstić information content (AvgIpc) is 3.29. The van der Waals surface area contributed by atoms with Gasteiger partial charge in [0.25, 0.3) is 0 Å². The van der Waals surface area contributed by atoms with Crippen LogP contribution in [0.5, 0.6) is 0 Å². The van der Waals surface area contributed by atoms with Crippen molar-refractivity contribution in [3.8, 4) is 0 Å². The summed E-state index contributed by atoms with van der Waals surface area (Å²) in [6.45, 7) is 11.5. The van der Waals surface area contributed by atoms with Gasteiger partial charge in [0.15, 0.2) is 8.32 Å². The van der Waals surface area contributed by atoms with Crippen molar-refractivity contribution in [3.05, 3.63) is 0 Å². The highest BCUT2D eigenvalue weighted by molar-refractivity contribution is 6.73. The molecule has 124 valence electrons. The Labute approximate surface area is 132 Å². The standard InChI is InChI=1S/C17H36N2OSi/c1-4-21(5-2,6-3)20-16-15-19(13-8-7-12-18)14-11-17(16)9-10-17/h16H,4-15,18H2,1-3H3. The molecule has 1 unspecified atom stereocenters. The van der Waals surface area contributed by atoms with Crippen molar-refractivity contribution in [1.29, 1.82) is 0 Å². The molecule has 1 atom stereocenters. The van der Waals surface area contributed by atoms with Crippen LogP contribution in [-0.2, 0) is 4.43 Å². The van der Waals surface area contributed by atoms with Gasteiger partial charge in [-0.1, -0.05) is 20.8 Å². The molecule has 21 heavy (non-hydrogen) atoms. The maximum absolute atomic E-state index is 6.91. The van der Waals surface area contributed by atoms with E-state index in [1.807, 2.05) is 0 Å². The fraction of sp³-hybridized carbons (Fsp3) is 1.00. The van der Waals surface area contributed by atoms with Crippen LogP contribution in [0.4, 0.5) is 0 Å². The molecule has 1 aliphatic carbocycles. The van der Waals surface area contributed by atoms with Crippen molar-refractivity contribution in [2.75, 3.05) is 26.2 Å². The van der Waals surface area contributed by atoms with E-state index in [1.165, 1.54) is 63.4 Å². The van der Waals surface area contributed by atoms with Crippen molar-refractivity contribution in [2.45, 2.75) is 77.1 Å². The molecule has 2 N–H and O–H groups in total. The summed E-state index contributed by atoms with van der Waals surface area (Å²) in [6, 6.07) is 3.83. The monoisotopic (exact) mass is 312 g/mol. The van der Waals surface area contributed by atoms with E-state index in [2.05, 4.69) is 25.7 Å². The van der Waals surface area contributed by atoms with Crippen LogP contribution in [0.15, 0.2) is 0 Å². The van der Waals surface area contributed by atoms with Crippen LogP contribution in [0.2, 0.25) is 18.1 Å². The first-order valence-electron chi connectivity index (χ1n) is 9.24. The van der Waals surface area contributed by atoms with Gasteiger partial charge in [0.05, 0.1) is 6.10 Å². The molecule has 0 radical (unpaired) electrons. The Morgan fingerprint density at radius 1 is 1.10 bits per heavy atom. The van der Waals surface area contributed by atoms with Crippen LogP contribution in [0, 0.1) is 5.41 Å². The van der Waals surface area contributed by atoms with Crippen molar-refractivity contribution >= 4 is 8.32 Å². The lowest BCUT2D eigenvalue weighted by Crippen LogP contribution is -2.52. The summed E-state index contributed by atoms with van der Waals surface area (Å²) >= 11 is 0. The van der Waals surface area contributed by atoms with Crippen LogP contribution in [0.1, 0.15) is 52.9 Å². The molecule has 2 aliphatic rings. The molecule has 0 bridgehead atoms. The summed E-state index contributed by atoms with van der Waals surface area (Å²) in [7, 11) is -1.47. The third kappa shape index (κ3) is 4.09. The van der Waals surface area contributed by atoms with Crippen LogP contribution in [-0.4, -0.2) is 45.5 Å². The molecule has 2 fully saturated rings. The molecular weight excluding hydrogens is 276 g/mol. The average molecular weight is 313 g/mol. The molecule has 1 saturated carbocycles. The number of hydrogen-bond donors (Lipinski definition) is 1. The second-order valence-corrected chi connectivity index (χ2v) is 12.0. The SMILES string of the molecule is CC[Si](CC)(CC)OC1CN(CCCCN)CCC12CC2. The largest absolute Gasteiger partial charge is 0.412 e. The molecule has 0 aromatic heterocycles. The Morgan fingerprint density at radius 3 is 2.29 bits per heavy atom. The number of nitrogens with two attached hydrogens (primary N) is 1. The maximum atomic E-state index is 6.91. The van der Waals surface area contributed by atoms with Gasteiger partial charge in [0.1, 0.15) is 0 Å². The highest BCUT2D eigenvalue weighted by atomic mass is 28.4. The predicted molar refractivity (Wildman–Crippen MR) is 93.1 cm³/mol. The number of unbranched alkanes of at least 4 members (excludes halogenated alkanes) is 1. The Hall–Kier alpha value is 0.0969. The van der Waals surface area contributed by atoms with Gasteiger partial charge in [-0.25, -0.2) is 0 Å². The fourth-order valence-electron chi connectivity index (χ4n) is 3.94. The van der Waals surface area contributed by atoms with E-state index in [-0.39, 0.29) is 0 Å². The van der Waals surface area contributed by atoms with Gasteiger partial charge in [0, 0.05) is 6.54 Å². The molecule has 1 heterocycles. The number of hydrogen-bond acceptors (Lipinski definition) is 3. The Morgan fingerprint density at radius 2 is 1.76 bits per heavy atom. The predicted octanol–water partition coefficient (Wildman–Crippen LogP) is 3.60. The van der Waals surface area contributed by atoms with Gasteiger partial charge >= 0.3 is 0 Å². The first kappa shape index (κ1) is 17.5. The van der Waals surface area contributed by atoms with Crippen molar-refractivity contribution in [1.82, 2.24) is 4.90 Å². The van der Waals surface area contributed by atoms with E-state index in [0.717, 1.165) is 13.0 Å². The molecule has 4 heteroatoms. The first-order valence-corrected chi connectivity index (χ1v) is 11.8. The summed E-state index contributed by atoms with van der Waals surface area (Å²) in [5.41, 5.74) is 6.20. The zero-order chi connectivity index (χ0) is 15.3. The topological polar surface area (TPSA) is 38.5 Å². The quantitative estimate of drug-likeness (QED) is 0.522. The number of piperidine rings is 1. The zero-order valence-corrected chi connectivity index (χ0v) is 15.5. The molecular formula is C17H36N2OSi. The van der Waals surface area contributed by atoms with Crippen molar-refractivity contribution < 1.29 is 4.43 Å². The first-order chi connectivity index (χ1) is 10.1. The minimum absolute atomic E-state index is 0.524.